The van der Waals surface area contributed by atoms with E-state index in [1.165, 1.54) is 12.1 Å². The maximum absolute atomic E-state index is 13.6. The summed E-state index contributed by atoms with van der Waals surface area (Å²) in [5.41, 5.74) is 1.29. The predicted octanol–water partition coefficient (Wildman–Crippen LogP) is 4.78. The molecule has 92 valence electrons. The van der Waals surface area contributed by atoms with Gasteiger partial charge in [0.05, 0.1) is 5.56 Å². The van der Waals surface area contributed by atoms with Gasteiger partial charge in [0.1, 0.15) is 5.82 Å². The van der Waals surface area contributed by atoms with Crippen LogP contribution < -0.4 is 0 Å². The van der Waals surface area contributed by atoms with Gasteiger partial charge in [-0.05, 0) is 36.8 Å². The van der Waals surface area contributed by atoms with Crippen LogP contribution in [0, 0.1) is 12.7 Å². The van der Waals surface area contributed by atoms with E-state index in [4.69, 9.17) is 11.6 Å². The molecular weight excluding hydrogens is 319 g/mol. The minimum atomic E-state index is -0.542. The smallest absolute Gasteiger partial charge is 0.196 e. The average molecular weight is 328 g/mol. The van der Waals surface area contributed by atoms with Gasteiger partial charge in [-0.25, -0.2) is 4.39 Å². The van der Waals surface area contributed by atoms with Crippen molar-refractivity contribution in [3.8, 4) is 0 Å². The highest BCUT2D eigenvalue weighted by Crippen LogP contribution is 2.22. The molecule has 0 heterocycles. The molecule has 18 heavy (non-hydrogen) atoms. The molecule has 0 N–H and O–H groups in total. The summed E-state index contributed by atoms with van der Waals surface area (Å²) in [6.45, 7) is 1.84. The number of rotatable bonds is 2. The van der Waals surface area contributed by atoms with Gasteiger partial charge in [-0.2, -0.15) is 0 Å². The van der Waals surface area contributed by atoms with Crippen LogP contribution in [0.25, 0.3) is 0 Å². The minimum absolute atomic E-state index is 0.0318. The molecule has 0 aliphatic heterocycles. The zero-order valence-electron chi connectivity index (χ0n) is 9.51. The molecule has 0 radical (unpaired) electrons. The van der Waals surface area contributed by atoms with E-state index in [1.807, 2.05) is 6.92 Å². The molecule has 0 fully saturated rings. The van der Waals surface area contributed by atoms with Crippen molar-refractivity contribution in [1.82, 2.24) is 0 Å². The summed E-state index contributed by atoms with van der Waals surface area (Å²) in [6.07, 6.45) is 0. The average Bonchev–Trinajstić information content (AvgIpc) is 2.35. The molecule has 2 aromatic rings. The summed E-state index contributed by atoms with van der Waals surface area (Å²) >= 11 is 9.18. The van der Waals surface area contributed by atoms with Gasteiger partial charge in [0.2, 0.25) is 0 Å². The summed E-state index contributed by atoms with van der Waals surface area (Å²) in [5, 5.41) is 0.497. The van der Waals surface area contributed by atoms with Crippen LogP contribution in [-0.2, 0) is 0 Å². The van der Waals surface area contributed by atoms with Gasteiger partial charge in [0.15, 0.2) is 5.78 Å². The van der Waals surface area contributed by atoms with E-state index < -0.39 is 5.82 Å². The quantitative estimate of drug-likeness (QED) is 0.725. The lowest BCUT2D eigenvalue weighted by Crippen LogP contribution is -2.04. The molecule has 0 aliphatic carbocycles. The molecule has 1 nitrogen and oxygen atoms in total. The molecule has 0 bridgehead atoms. The summed E-state index contributed by atoms with van der Waals surface area (Å²) in [4.78, 5) is 12.2. The highest BCUT2D eigenvalue weighted by molar-refractivity contribution is 9.10. The van der Waals surface area contributed by atoms with E-state index in [2.05, 4.69) is 15.9 Å². The molecule has 2 rings (SSSR count). The lowest BCUT2D eigenvalue weighted by atomic mass is 10.0. The normalized spacial score (nSPS) is 10.4. The number of carbonyl (C=O) groups excluding carboxylic acids is 1. The maximum atomic E-state index is 13.6. The van der Waals surface area contributed by atoms with Crippen LogP contribution in [0.5, 0.6) is 0 Å². The van der Waals surface area contributed by atoms with Crippen molar-refractivity contribution in [3.63, 3.8) is 0 Å². The molecule has 0 aliphatic rings. The Bertz CT molecular complexity index is 625. The second-order valence-electron chi connectivity index (χ2n) is 3.92. The van der Waals surface area contributed by atoms with Crippen LogP contribution in [0.4, 0.5) is 4.39 Å². The van der Waals surface area contributed by atoms with Crippen LogP contribution in [0.15, 0.2) is 40.9 Å². The highest BCUT2D eigenvalue weighted by atomic mass is 79.9. The van der Waals surface area contributed by atoms with Gasteiger partial charge in [-0.15, -0.1) is 0 Å². The van der Waals surface area contributed by atoms with Crippen molar-refractivity contribution < 1.29 is 9.18 Å². The fourth-order valence-electron chi connectivity index (χ4n) is 1.56. The minimum Gasteiger partial charge on any atom is -0.288 e. The first-order valence-corrected chi connectivity index (χ1v) is 6.42. The Morgan fingerprint density at radius 3 is 2.61 bits per heavy atom. The van der Waals surface area contributed by atoms with Gasteiger partial charge >= 0.3 is 0 Å². The van der Waals surface area contributed by atoms with E-state index in [0.29, 0.717) is 15.1 Å². The maximum Gasteiger partial charge on any atom is 0.196 e. The van der Waals surface area contributed by atoms with E-state index in [9.17, 15) is 9.18 Å². The Morgan fingerprint density at radius 1 is 1.22 bits per heavy atom. The largest absolute Gasteiger partial charge is 0.288 e. The Balaban J connectivity index is 2.47. The number of hydrogen-bond acceptors (Lipinski definition) is 1. The molecule has 0 aromatic heterocycles. The van der Waals surface area contributed by atoms with Crippen molar-refractivity contribution in [1.29, 1.82) is 0 Å². The van der Waals surface area contributed by atoms with E-state index in [1.54, 1.807) is 24.3 Å². The van der Waals surface area contributed by atoms with Crippen LogP contribution in [-0.4, -0.2) is 5.78 Å². The fourth-order valence-corrected chi connectivity index (χ4v) is 2.10. The van der Waals surface area contributed by atoms with Crippen molar-refractivity contribution in [2.75, 3.05) is 0 Å². The Kier molecular flexibility index (Phi) is 3.83. The fraction of sp³-hybridized carbons (Fsp3) is 0.0714. The van der Waals surface area contributed by atoms with Crippen molar-refractivity contribution >= 4 is 33.3 Å². The Labute approximate surface area is 118 Å². The number of ketones is 1. The number of halogens is 3. The summed E-state index contributed by atoms with van der Waals surface area (Å²) < 4.78 is 14.3. The van der Waals surface area contributed by atoms with Gasteiger partial charge in [0.25, 0.3) is 0 Å². The first-order chi connectivity index (χ1) is 8.49. The number of aryl methyl sites for hydroxylation is 1. The molecule has 0 unspecified atom stereocenters. The third kappa shape index (κ3) is 2.62. The zero-order chi connectivity index (χ0) is 13.3. The second kappa shape index (κ2) is 5.21. The standard InChI is InChI=1S/C14H9BrClFO/c1-8-2-3-9(6-12(8)16)14(18)11-7-10(15)4-5-13(11)17/h2-7H,1H3. The molecule has 2 aromatic carbocycles. The summed E-state index contributed by atoms with van der Waals surface area (Å²) in [6, 6.07) is 9.21. The topological polar surface area (TPSA) is 17.1 Å². The van der Waals surface area contributed by atoms with E-state index >= 15 is 0 Å². The first-order valence-electron chi connectivity index (χ1n) is 5.25. The van der Waals surface area contributed by atoms with Crippen molar-refractivity contribution in [2.45, 2.75) is 6.92 Å². The SMILES string of the molecule is Cc1ccc(C(=O)c2cc(Br)ccc2F)cc1Cl. The Morgan fingerprint density at radius 2 is 1.94 bits per heavy atom. The van der Waals surface area contributed by atoms with Crippen molar-refractivity contribution in [3.05, 3.63) is 68.4 Å². The molecule has 0 atom stereocenters. The highest BCUT2D eigenvalue weighted by Gasteiger charge is 2.15. The lowest BCUT2D eigenvalue weighted by molar-refractivity contribution is 0.103. The third-order valence-corrected chi connectivity index (χ3v) is 3.51. The number of benzene rings is 2. The molecule has 0 saturated carbocycles. The zero-order valence-corrected chi connectivity index (χ0v) is 11.8. The van der Waals surface area contributed by atoms with E-state index in [-0.39, 0.29) is 11.3 Å². The summed E-state index contributed by atoms with van der Waals surface area (Å²) in [5.74, 6) is -0.921. The Hall–Kier alpha value is -1.19. The molecule has 0 saturated heterocycles. The van der Waals surface area contributed by atoms with Gasteiger partial charge in [-0.3, -0.25) is 4.79 Å². The first kappa shape index (κ1) is 13.2. The molecular formula is C14H9BrClFO. The monoisotopic (exact) mass is 326 g/mol. The third-order valence-electron chi connectivity index (χ3n) is 2.61. The van der Waals surface area contributed by atoms with Crippen LogP contribution >= 0.6 is 27.5 Å². The predicted molar refractivity (Wildman–Crippen MR) is 73.7 cm³/mol. The second-order valence-corrected chi connectivity index (χ2v) is 5.24. The van der Waals surface area contributed by atoms with Gasteiger partial charge in [0, 0.05) is 15.1 Å². The van der Waals surface area contributed by atoms with Crippen molar-refractivity contribution in [2.24, 2.45) is 0 Å². The lowest BCUT2D eigenvalue weighted by Gasteiger charge is -2.05. The molecule has 4 heteroatoms. The van der Waals surface area contributed by atoms with Crippen LogP contribution in [0.2, 0.25) is 5.02 Å². The van der Waals surface area contributed by atoms with Crippen LogP contribution in [0.3, 0.4) is 0 Å². The van der Waals surface area contributed by atoms with Gasteiger partial charge in [-0.1, -0.05) is 39.7 Å². The van der Waals surface area contributed by atoms with Gasteiger partial charge < -0.3 is 0 Å². The van der Waals surface area contributed by atoms with E-state index in [0.717, 1.165) is 5.56 Å². The molecule has 0 spiro atoms. The number of hydrogen-bond donors (Lipinski definition) is 0. The number of carbonyl (C=O) groups is 1. The summed E-state index contributed by atoms with van der Waals surface area (Å²) in [7, 11) is 0. The molecule has 0 amide bonds. The van der Waals surface area contributed by atoms with Crippen LogP contribution in [0.1, 0.15) is 21.5 Å².